The smallest absolute Gasteiger partial charge is 0.0897 e. The lowest BCUT2D eigenvalue weighted by molar-refractivity contribution is 0.0586. The first kappa shape index (κ1) is 12.4. The zero-order chi connectivity index (χ0) is 10.3. The Kier molecular flexibility index (Phi) is 6.51. The van der Waals surface area contributed by atoms with Gasteiger partial charge in [-0.2, -0.15) is 5.26 Å². The van der Waals surface area contributed by atoms with Crippen molar-refractivity contribution >= 4 is 0 Å². The predicted octanol–water partition coefficient (Wildman–Crippen LogP) is -0.179. The number of aliphatic hydroxyl groups excluding tert-OH is 2. The van der Waals surface area contributed by atoms with E-state index >= 15 is 0 Å². The van der Waals surface area contributed by atoms with E-state index in [1.165, 1.54) is 0 Å². The zero-order valence-corrected chi connectivity index (χ0v) is 8.27. The number of nitrogens with zero attached hydrogens (tertiary/aromatic N) is 2. The van der Waals surface area contributed by atoms with Gasteiger partial charge in [-0.1, -0.05) is 6.92 Å². The van der Waals surface area contributed by atoms with E-state index in [-0.39, 0.29) is 12.5 Å². The van der Waals surface area contributed by atoms with Gasteiger partial charge in [0.15, 0.2) is 0 Å². The van der Waals surface area contributed by atoms with Gasteiger partial charge in [-0.15, -0.1) is 0 Å². The second-order valence-electron chi connectivity index (χ2n) is 3.22. The van der Waals surface area contributed by atoms with Crippen LogP contribution in [-0.2, 0) is 0 Å². The number of nitriles is 1. The van der Waals surface area contributed by atoms with Crippen LogP contribution in [-0.4, -0.2) is 47.5 Å². The van der Waals surface area contributed by atoms with Crippen LogP contribution < -0.4 is 0 Å². The van der Waals surface area contributed by atoms with Gasteiger partial charge in [0.2, 0.25) is 0 Å². The van der Waals surface area contributed by atoms with E-state index in [2.05, 4.69) is 6.07 Å². The summed E-state index contributed by atoms with van der Waals surface area (Å²) < 4.78 is 0. The molecule has 0 saturated carbocycles. The van der Waals surface area contributed by atoms with Crippen molar-refractivity contribution < 1.29 is 10.2 Å². The first-order chi connectivity index (χ1) is 6.13. The molecule has 13 heavy (non-hydrogen) atoms. The minimum Gasteiger partial charge on any atom is -0.394 e. The highest BCUT2D eigenvalue weighted by Crippen LogP contribution is 1.99. The first-order valence-electron chi connectivity index (χ1n) is 4.54. The van der Waals surface area contributed by atoms with E-state index < -0.39 is 6.10 Å². The van der Waals surface area contributed by atoms with Gasteiger partial charge in [0.1, 0.15) is 0 Å². The summed E-state index contributed by atoms with van der Waals surface area (Å²) in [4.78, 5) is 1.95. The van der Waals surface area contributed by atoms with Crippen molar-refractivity contribution in [3.8, 4) is 6.07 Å². The van der Waals surface area contributed by atoms with Gasteiger partial charge in [0.05, 0.1) is 24.7 Å². The molecule has 0 spiro atoms. The molecule has 0 fully saturated rings. The van der Waals surface area contributed by atoms with Gasteiger partial charge in [-0.05, 0) is 13.5 Å². The fourth-order valence-corrected chi connectivity index (χ4v) is 1.12. The number of hydrogen-bond acceptors (Lipinski definition) is 4. The lowest BCUT2D eigenvalue weighted by Crippen LogP contribution is -2.36. The maximum absolute atomic E-state index is 9.17. The van der Waals surface area contributed by atoms with Crippen LogP contribution in [0.4, 0.5) is 0 Å². The highest BCUT2D eigenvalue weighted by molar-refractivity contribution is 4.81. The molecule has 2 atom stereocenters. The van der Waals surface area contributed by atoms with Crippen LogP contribution >= 0.6 is 0 Å². The molecule has 2 N–H and O–H groups in total. The maximum Gasteiger partial charge on any atom is 0.0897 e. The van der Waals surface area contributed by atoms with Gasteiger partial charge in [-0.3, -0.25) is 4.90 Å². The topological polar surface area (TPSA) is 67.5 Å². The number of rotatable bonds is 6. The molecule has 0 amide bonds. The molecular weight excluding hydrogens is 168 g/mol. The fourth-order valence-electron chi connectivity index (χ4n) is 1.12. The second-order valence-corrected chi connectivity index (χ2v) is 3.22. The molecule has 0 aromatic heterocycles. The second kappa shape index (κ2) is 6.84. The van der Waals surface area contributed by atoms with Crippen molar-refractivity contribution in [1.82, 2.24) is 4.90 Å². The van der Waals surface area contributed by atoms with Crippen LogP contribution in [0.15, 0.2) is 0 Å². The largest absolute Gasteiger partial charge is 0.394 e. The molecule has 0 aliphatic rings. The van der Waals surface area contributed by atoms with E-state index in [1.54, 1.807) is 0 Å². The third kappa shape index (κ3) is 5.58. The molecule has 0 aromatic carbocycles. The van der Waals surface area contributed by atoms with Gasteiger partial charge < -0.3 is 10.2 Å². The highest BCUT2D eigenvalue weighted by Gasteiger charge is 2.11. The minimum atomic E-state index is -0.703. The average molecular weight is 186 g/mol. The molecule has 0 rings (SSSR count). The van der Waals surface area contributed by atoms with Crippen molar-refractivity contribution in [1.29, 1.82) is 5.26 Å². The van der Waals surface area contributed by atoms with Gasteiger partial charge in [0, 0.05) is 13.1 Å². The zero-order valence-electron chi connectivity index (χ0n) is 8.27. The quantitative estimate of drug-likeness (QED) is 0.604. The van der Waals surface area contributed by atoms with E-state index in [1.807, 2.05) is 18.7 Å². The maximum atomic E-state index is 9.17. The van der Waals surface area contributed by atoms with Crippen LogP contribution in [0.3, 0.4) is 0 Å². The van der Waals surface area contributed by atoms with Crippen LogP contribution in [0.1, 0.15) is 13.8 Å². The molecule has 2 unspecified atom stereocenters. The van der Waals surface area contributed by atoms with Crippen molar-refractivity contribution in [2.75, 3.05) is 26.2 Å². The Morgan fingerprint density at radius 2 is 2.08 bits per heavy atom. The molecule has 0 aromatic rings. The molecule has 0 radical (unpaired) electrons. The Morgan fingerprint density at radius 3 is 2.46 bits per heavy atom. The summed E-state index contributed by atoms with van der Waals surface area (Å²) in [6.45, 7) is 5.44. The molecule has 0 bridgehead atoms. The fraction of sp³-hybridized carbons (Fsp3) is 0.889. The Balaban J connectivity index is 3.83. The van der Waals surface area contributed by atoms with Gasteiger partial charge in [-0.25, -0.2) is 0 Å². The predicted molar refractivity (Wildman–Crippen MR) is 50.0 cm³/mol. The van der Waals surface area contributed by atoms with Crippen LogP contribution in [0.25, 0.3) is 0 Å². The summed E-state index contributed by atoms with van der Waals surface area (Å²) in [6, 6.07) is 2.14. The normalized spacial score (nSPS) is 15.4. The first-order valence-corrected chi connectivity index (χ1v) is 4.54. The lowest BCUT2D eigenvalue weighted by atomic mass is 10.2. The summed E-state index contributed by atoms with van der Waals surface area (Å²) >= 11 is 0. The van der Waals surface area contributed by atoms with Gasteiger partial charge >= 0.3 is 0 Å². The van der Waals surface area contributed by atoms with E-state index in [0.717, 1.165) is 6.54 Å². The van der Waals surface area contributed by atoms with Crippen molar-refractivity contribution in [3.05, 3.63) is 0 Å². The van der Waals surface area contributed by atoms with Crippen molar-refractivity contribution in [2.24, 2.45) is 5.92 Å². The highest BCUT2D eigenvalue weighted by atomic mass is 16.3. The third-order valence-corrected chi connectivity index (χ3v) is 1.88. The molecule has 76 valence electrons. The average Bonchev–Trinajstić information content (AvgIpc) is 2.16. The summed E-state index contributed by atoms with van der Waals surface area (Å²) in [7, 11) is 0. The van der Waals surface area contributed by atoms with E-state index in [4.69, 9.17) is 10.4 Å². The summed E-state index contributed by atoms with van der Waals surface area (Å²) in [5, 5.41) is 26.4. The standard InChI is InChI=1S/C9H18N2O2/c1-3-11(5-8(2)4-10)6-9(13)7-12/h8-9,12-13H,3,5-7H2,1-2H3. The summed E-state index contributed by atoms with van der Waals surface area (Å²) in [6.07, 6.45) is -0.703. The molecule has 0 aliphatic carbocycles. The minimum absolute atomic E-state index is 0.0363. The number of hydrogen-bond donors (Lipinski definition) is 2. The Hall–Kier alpha value is -0.630. The monoisotopic (exact) mass is 186 g/mol. The molecule has 0 aliphatic heterocycles. The SMILES string of the molecule is CCN(CC(C)C#N)CC(O)CO. The summed E-state index contributed by atoms with van der Waals surface area (Å²) in [5.74, 6) is -0.0363. The van der Waals surface area contributed by atoms with Crippen LogP contribution in [0.5, 0.6) is 0 Å². The van der Waals surface area contributed by atoms with E-state index in [0.29, 0.717) is 13.1 Å². The van der Waals surface area contributed by atoms with E-state index in [9.17, 15) is 5.11 Å². The van der Waals surface area contributed by atoms with Crippen LogP contribution in [0.2, 0.25) is 0 Å². The number of likely N-dealkylation sites (N-methyl/N-ethyl adjacent to an activating group) is 1. The Labute approximate surface area is 79.4 Å². The van der Waals surface area contributed by atoms with Crippen molar-refractivity contribution in [2.45, 2.75) is 20.0 Å². The van der Waals surface area contributed by atoms with Crippen molar-refractivity contribution in [3.63, 3.8) is 0 Å². The van der Waals surface area contributed by atoms with Gasteiger partial charge in [0.25, 0.3) is 0 Å². The molecule has 4 heteroatoms. The number of aliphatic hydroxyl groups is 2. The lowest BCUT2D eigenvalue weighted by Gasteiger charge is -2.23. The summed E-state index contributed by atoms with van der Waals surface area (Å²) in [5.41, 5.74) is 0. The molecule has 4 nitrogen and oxygen atoms in total. The Morgan fingerprint density at radius 1 is 1.46 bits per heavy atom. The molecular formula is C9H18N2O2. The molecule has 0 heterocycles. The third-order valence-electron chi connectivity index (χ3n) is 1.88. The molecule has 0 saturated heterocycles. The van der Waals surface area contributed by atoms with Crippen LogP contribution in [0, 0.1) is 17.2 Å². The Bertz CT molecular complexity index is 167.